The average molecular weight is 215 g/mol. The molecule has 1 aromatic carbocycles. The second-order valence-corrected chi connectivity index (χ2v) is 3.39. The fraction of sp³-hybridized carbons (Fsp3) is 0.0833. The zero-order valence-corrected chi connectivity index (χ0v) is 8.52. The van der Waals surface area contributed by atoms with E-state index in [1.165, 1.54) is 12.1 Å². The Labute approximate surface area is 92.7 Å². The highest BCUT2D eigenvalue weighted by atomic mass is 19.1. The SMILES string of the molecule is N#Cc1cc(F)cc(CNn2cccc2)c1. The number of halogens is 1. The summed E-state index contributed by atoms with van der Waals surface area (Å²) >= 11 is 0. The molecule has 0 saturated heterocycles. The molecule has 0 radical (unpaired) electrons. The lowest BCUT2D eigenvalue weighted by molar-refractivity contribution is 0.624. The van der Waals surface area contributed by atoms with Gasteiger partial charge in [-0.2, -0.15) is 5.26 Å². The highest BCUT2D eigenvalue weighted by molar-refractivity contribution is 5.34. The van der Waals surface area contributed by atoms with Crippen molar-refractivity contribution >= 4 is 0 Å². The van der Waals surface area contributed by atoms with Crippen LogP contribution in [0.25, 0.3) is 0 Å². The second-order valence-electron chi connectivity index (χ2n) is 3.39. The minimum Gasteiger partial charge on any atom is -0.322 e. The standard InChI is InChI=1S/C12H10FN3/c13-12-6-10(8-14)5-11(7-12)9-15-16-3-1-2-4-16/h1-7,15H,9H2. The van der Waals surface area contributed by atoms with Crippen LogP contribution in [-0.4, -0.2) is 4.68 Å². The van der Waals surface area contributed by atoms with E-state index in [1.807, 2.05) is 30.6 Å². The van der Waals surface area contributed by atoms with Crippen molar-refractivity contribution < 1.29 is 4.39 Å². The zero-order valence-electron chi connectivity index (χ0n) is 8.52. The molecule has 1 heterocycles. The Hall–Kier alpha value is -2.28. The number of nitrogens with one attached hydrogen (secondary N) is 1. The lowest BCUT2D eigenvalue weighted by Crippen LogP contribution is -2.12. The van der Waals surface area contributed by atoms with E-state index in [0.717, 1.165) is 5.56 Å². The third kappa shape index (κ3) is 2.39. The minimum absolute atomic E-state index is 0.337. The Bertz CT molecular complexity index is 512. The molecule has 80 valence electrons. The number of nitriles is 1. The molecule has 2 rings (SSSR count). The maximum Gasteiger partial charge on any atom is 0.124 e. The fourth-order valence-electron chi connectivity index (χ4n) is 1.44. The van der Waals surface area contributed by atoms with E-state index >= 15 is 0 Å². The van der Waals surface area contributed by atoms with Gasteiger partial charge in [0, 0.05) is 12.4 Å². The molecule has 0 saturated carbocycles. The predicted molar refractivity (Wildman–Crippen MR) is 58.6 cm³/mol. The molecule has 1 N–H and O–H groups in total. The van der Waals surface area contributed by atoms with Crippen molar-refractivity contribution in [1.29, 1.82) is 5.26 Å². The molecule has 1 aromatic heterocycles. The summed E-state index contributed by atoms with van der Waals surface area (Å²) in [4.78, 5) is 0. The maximum absolute atomic E-state index is 13.1. The molecule has 4 heteroatoms. The Morgan fingerprint density at radius 2 is 2.00 bits per heavy atom. The van der Waals surface area contributed by atoms with Crippen LogP contribution in [0.2, 0.25) is 0 Å². The molecule has 0 fully saturated rings. The van der Waals surface area contributed by atoms with Gasteiger partial charge in [0.05, 0.1) is 18.2 Å². The van der Waals surface area contributed by atoms with Crippen LogP contribution < -0.4 is 5.43 Å². The number of rotatable bonds is 3. The second kappa shape index (κ2) is 4.49. The van der Waals surface area contributed by atoms with Gasteiger partial charge in [-0.25, -0.2) is 4.39 Å². The number of aromatic nitrogens is 1. The van der Waals surface area contributed by atoms with Crippen LogP contribution >= 0.6 is 0 Å². The van der Waals surface area contributed by atoms with Crippen LogP contribution in [0.5, 0.6) is 0 Å². The molecule has 0 bridgehead atoms. The molecular formula is C12H10FN3. The monoisotopic (exact) mass is 215 g/mol. The van der Waals surface area contributed by atoms with E-state index in [0.29, 0.717) is 12.1 Å². The van der Waals surface area contributed by atoms with Crippen molar-refractivity contribution in [2.24, 2.45) is 0 Å². The van der Waals surface area contributed by atoms with Crippen molar-refractivity contribution in [1.82, 2.24) is 4.68 Å². The summed E-state index contributed by atoms with van der Waals surface area (Å²) in [6.07, 6.45) is 3.70. The normalized spacial score (nSPS) is 9.75. The summed E-state index contributed by atoms with van der Waals surface area (Å²) in [6.45, 7) is 0.473. The molecule has 16 heavy (non-hydrogen) atoms. The first-order valence-electron chi connectivity index (χ1n) is 4.84. The highest BCUT2D eigenvalue weighted by Crippen LogP contribution is 2.08. The third-order valence-corrected chi connectivity index (χ3v) is 2.16. The Morgan fingerprint density at radius 3 is 2.69 bits per heavy atom. The topological polar surface area (TPSA) is 40.8 Å². The Kier molecular flexibility index (Phi) is 2.88. The first-order chi connectivity index (χ1) is 7.78. The number of nitrogens with zero attached hydrogens (tertiary/aromatic N) is 2. The summed E-state index contributed by atoms with van der Waals surface area (Å²) in [7, 11) is 0. The van der Waals surface area contributed by atoms with Gasteiger partial charge in [-0.15, -0.1) is 0 Å². The van der Waals surface area contributed by atoms with Gasteiger partial charge in [-0.3, -0.25) is 4.68 Å². The van der Waals surface area contributed by atoms with Gasteiger partial charge in [-0.1, -0.05) is 0 Å². The van der Waals surface area contributed by atoms with Crippen LogP contribution in [-0.2, 0) is 6.54 Å². The van der Waals surface area contributed by atoms with E-state index in [1.54, 1.807) is 10.7 Å². The van der Waals surface area contributed by atoms with Gasteiger partial charge in [0.25, 0.3) is 0 Å². The molecule has 0 spiro atoms. The van der Waals surface area contributed by atoms with E-state index in [-0.39, 0.29) is 5.82 Å². The molecule has 0 aliphatic heterocycles. The van der Waals surface area contributed by atoms with Crippen molar-refractivity contribution in [2.75, 3.05) is 5.43 Å². The van der Waals surface area contributed by atoms with Crippen LogP contribution in [0.15, 0.2) is 42.7 Å². The van der Waals surface area contributed by atoms with Gasteiger partial charge in [0.15, 0.2) is 0 Å². The minimum atomic E-state index is -0.386. The van der Waals surface area contributed by atoms with Crippen LogP contribution in [0.4, 0.5) is 4.39 Å². The first kappa shape index (κ1) is 10.2. The van der Waals surface area contributed by atoms with Gasteiger partial charge in [0.2, 0.25) is 0 Å². The fourth-order valence-corrected chi connectivity index (χ4v) is 1.44. The lowest BCUT2D eigenvalue weighted by Gasteiger charge is -2.07. The van der Waals surface area contributed by atoms with E-state index < -0.39 is 0 Å². The van der Waals surface area contributed by atoms with Crippen molar-refractivity contribution in [3.63, 3.8) is 0 Å². The van der Waals surface area contributed by atoms with Crippen LogP contribution in [0, 0.1) is 17.1 Å². The largest absolute Gasteiger partial charge is 0.322 e. The van der Waals surface area contributed by atoms with Gasteiger partial charge in [-0.05, 0) is 35.9 Å². The molecular weight excluding hydrogens is 205 g/mol. The first-order valence-corrected chi connectivity index (χ1v) is 4.84. The smallest absolute Gasteiger partial charge is 0.124 e. The summed E-state index contributed by atoms with van der Waals surface area (Å²) < 4.78 is 14.9. The number of hydrogen-bond acceptors (Lipinski definition) is 2. The summed E-state index contributed by atoms with van der Waals surface area (Å²) in [5, 5.41) is 8.70. The van der Waals surface area contributed by atoms with E-state index in [2.05, 4.69) is 5.43 Å². The molecule has 3 nitrogen and oxygen atoms in total. The third-order valence-electron chi connectivity index (χ3n) is 2.16. The molecule has 0 atom stereocenters. The zero-order chi connectivity index (χ0) is 11.4. The molecule has 0 amide bonds. The maximum atomic E-state index is 13.1. The molecule has 0 aliphatic rings. The lowest BCUT2D eigenvalue weighted by atomic mass is 10.1. The van der Waals surface area contributed by atoms with Gasteiger partial charge < -0.3 is 5.43 Å². The summed E-state index contributed by atoms with van der Waals surface area (Å²) in [5.74, 6) is -0.386. The summed E-state index contributed by atoms with van der Waals surface area (Å²) in [6, 6.07) is 10.0. The van der Waals surface area contributed by atoms with Crippen molar-refractivity contribution in [2.45, 2.75) is 6.54 Å². The van der Waals surface area contributed by atoms with Crippen molar-refractivity contribution in [3.8, 4) is 6.07 Å². The average Bonchev–Trinajstić information content (AvgIpc) is 2.78. The highest BCUT2D eigenvalue weighted by Gasteiger charge is 2.00. The van der Waals surface area contributed by atoms with Crippen LogP contribution in [0.1, 0.15) is 11.1 Å². The molecule has 2 aromatic rings. The Morgan fingerprint density at radius 1 is 1.25 bits per heavy atom. The van der Waals surface area contributed by atoms with Crippen LogP contribution in [0.3, 0.4) is 0 Å². The van der Waals surface area contributed by atoms with Gasteiger partial charge in [0.1, 0.15) is 5.82 Å². The molecule has 0 aliphatic carbocycles. The predicted octanol–water partition coefficient (Wildman–Crippen LogP) is 2.24. The quantitative estimate of drug-likeness (QED) is 0.853. The summed E-state index contributed by atoms with van der Waals surface area (Å²) in [5.41, 5.74) is 4.14. The number of hydrogen-bond donors (Lipinski definition) is 1. The molecule has 0 unspecified atom stereocenters. The number of benzene rings is 1. The van der Waals surface area contributed by atoms with Gasteiger partial charge >= 0.3 is 0 Å². The van der Waals surface area contributed by atoms with E-state index in [9.17, 15) is 4.39 Å². The van der Waals surface area contributed by atoms with Crippen molar-refractivity contribution in [3.05, 3.63) is 59.7 Å². The van der Waals surface area contributed by atoms with E-state index in [4.69, 9.17) is 5.26 Å². The Balaban J connectivity index is 2.10.